The topological polar surface area (TPSA) is 49.9 Å². The fraction of sp³-hybridized carbons (Fsp3) is 0.0270. The van der Waals surface area contributed by atoms with Crippen molar-refractivity contribution < 1.29 is 4.42 Å². The molecule has 0 saturated carbocycles. The van der Waals surface area contributed by atoms with Gasteiger partial charge in [-0.15, -0.1) is 0 Å². The van der Waals surface area contributed by atoms with Gasteiger partial charge in [0.25, 0.3) is 0 Å². The minimum atomic E-state index is -0.256. The third-order valence-corrected chi connectivity index (χ3v) is 7.72. The fourth-order valence-electron chi connectivity index (χ4n) is 5.70. The predicted octanol–water partition coefficient (Wildman–Crippen LogP) is 8.90. The number of fused-ring (bicyclic) bond motifs is 4. The lowest BCUT2D eigenvalue weighted by atomic mass is 9.96. The van der Waals surface area contributed by atoms with Crippen LogP contribution in [0.4, 0.5) is 0 Å². The number of hydrogen-bond acceptors (Lipinski definition) is 4. The van der Waals surface area contributed by atoms with Crippen LogP contribution in [0, 0.1) is 0 Å². The second-order valence-electron chi connectivity index (χ2n) is 10.3. The number of amidine groups is 2. The van der Waals surface area contributed by atoms with E-state index in [0.717, 1.165) is 55.7 Å². The lowest BCUT2D eigenvalue weighted by Crippen LogP contribution is -2.33. The molecule has 0 bridgehead atoms. The van der Waals surface area contributed by atoms with Crippen molar-refractivity contribution in [1.29, 1.82) is 0 Å². The highest BCUT2D eigenvalue weighted by Crippen LogP contribution is 2.37. The molecule has 1 unspecified atom stereocenters. The Morgan fingerprint density at radius 1 is 0.561 bits per heavy atom. The van der Waals surface area contributed by atoms with Crippen LogP contribution in [0.5, 0.6) is 0 Å². The van der Waals surface area contributed by atoms with Crippen molar-refractivity contribution in [3.8, 4) is 11.1 Å². The monoisotopic (exact) mass is 527 g/mol. The zero-order valence-electron chi connectivity index (χ0n) is 22.2. The number of rotatable bonds is 4. The molecule has 2 heterocycles. The highest BCUT2D eigenvalue weighted by atomic mass is 16.3. The third kappa shape index (κ3) is 4.17. The average molecular weight is 528 g/mol. The van der Waals surface area contributed by atoms with Crippen molar-refractivity contribution >= 4 is 44.4 Å². The van der Waals surface area contributed by atoms with Gasteiger partial charge in [0.15, 0.2) is 5.84 Å². The maximum atomic E-state index is 6.14. The summed E-state index contributed by atoms with van der Waals surface area (Å²) in [4.78, 5) is 9.93. The zero-order valence-corrected chi connectivity index (χ0v) is 22.2. The molecule has 1 aromatic heterocycles. The Hall–Kier alpha value is -5.48. The standard InChI is InChI=1S/C37H25N3O/c1-3-10-24(11-4-1)35-38-36(25-12-5-2-6-13-25)40-37(39-35)29-21-19-26-22-28(20-18-27(26)23-29)30-15-9-17-33-34(30)31-14-7-8-16-32(31)41-33/h1-23,37H,(H,38,39,40). The summed E-state index contributed by atoms with van der Waals surface area (Å²) >= 11 is 0. The van der Waals surface area contributed by atoms with Gasteiger partial charge in [-0.25, -0.2) is 9.98 Å². The van der Waals surface area contributed by atoms with Crippen molar-refractivity contribution in [2.75, 3.05) is 0 Å². The van der Waals surface area contributed by atoms with Crippen LogP contribution in [-0.2, 0) is 0 Å². The molecule has 194 valence electrons. The molecule has 8 rings (SSSR count). The predicted molar refractivity (Wildman–Crippen MR) is 168 cm³/mol. The van der Waals surface area contributed by atoms with Gasteiger partial charge in [0.05, 0.1) is 0 Å². The van der Waals surface area contributed by atoms with E-state index in [0.29, 0.717) is 0 Å². The van der Waals surface area contributed by atoms with Gasteiger partial charge in [-0.2, -0.15) is 0 Å². The minimum absolute atomic E-state index is 0.256. The number of nitrogens with zero attached hydrogens (tertiary/aromatic N) is 2. The molecular weight excluding hydrogens is 502 g/mol. The molecule has 1 atom stereocenters. The Morgan fingerprint density at radius 3 is 2.12 bits per heavy atom. The first kappa shape index (κ1) is 23.4. The Kier molecular flexibility index (Phi) is 5.49. The Morgan fingerprint density at radius 2 is 1.27 bits per heavy atom. The van der Waals surface area contributed by atoms with E-state index >= 15 is 0 Å². The first-order valence-corrected chi connectivity index (χ1v) is 13.8. The lowest BCUT2D eigenvalue weighted by Gasteiger charge is -2.24. The molecule has 0 amide bonds. The van der Waals surface area contributed by atoms with Gasteiger partial charge < -0.3 is 9.73 Å². The van der Waals surface area contributed by atoms with Gasteiger partial charge in [-0.3, -0.25) is 0 Å². The summed E-state index contributed by atoms with van der Waals surface area (Å²) in [5.74, 6) is 1.55. The second-order valence-corrected chi connectivity index (χ2v) is 10.3. The maximum absolute atomic E-state index is 6.14. The number of benzene rings is 6. The van der Waals surface area contributed by atoms with Crippen LogP contribution in [0.1, 0.15) is 22.9 Å². The summed E-state index contributed by atoms with van der Waals surface area (Å²) in [7, 11) is 0. The van der Waals surface area contributed by atoms with E-state index in [1.54, 1.807) is 0 Å². The van der Waals surface area contributed by atoms with Crippen LogP contribution in [0.15, 0.2) is 154 Å². The van der Waals surface area contributed by atoms with Gasteiger partial charge in [0.2, 0.25) is 0 Å². The SMILES string of the molecule is c1ccc(C2=NC(c3ccc4cc(-c5cccc6oc7ccccc7c56)ccc4c3)NC(c3ccccc3)=N2)cc1. The maximum Gasteiger partial charge on any atom is 0.159 e. The number of hydrogen-bond donors (Lipinski definition) is 1. The summed E-state index contributed by atoms with van der Waals surface area (Å²) in [6, 6.07) is 48.2. The summed E-state index contributed by atoms with van der Waals surface area (Å²) in [5, 5.41) is 8.21. The van der Waals surface area contributed by atoms with E-state index < -0.39 is 0 Å². The highest BCUT2D eigenvalue weighted by molar-refractivity contribution is 6.14. The average Bonchev–Trinajstić information content (AvgIpc) is 3.44. The molecule has 7 aromatic rings. The van der Waals surface area contributed by atoms with Crippen LogP contribution in [0.3, 0.4) is 0 Å². The van der Waals surface area contributed by atoms with E-state index in [1.165, 1.54) is 16.5 Å². The van der Waals surface area contributed by atoms with Gasteiger partial charge in [-0.1, -0.05) is 115 Å². The Labute approximate surface area is 237 Å². The Balaban J connectivity index is 1.19. The molecule has 0 saturated heterocycles. The highest BCUT2D eigenvalue weighted by Gasteiger charge is 2.21. The Bertz CT molecular complexity index is 2120. The molecule has 1 aliphatic rings. The zero-order chi connectivity index (χ0) is 27.2. The molecule has 6 aromatic carbocycles. The summed E-state index contributed by atoms with van der Waals surface area (Å²) in [5.41, 5.74) is 7.28. The fourth-order valence-corrected chi connectivity index (χ4v) is 5.70. The number of nitrogens with one attached hydrogen (secondary N) is 1. The molecule has 4 heteroatoms. The van der Waals surface area contributed by atoms with E-state index in [-0.39, 0.29) is 6.17 Å². The summed E-state index contributed by atoms with van der Waals surface area (Å²) < 4.78 is 6.14. The molecule has 41 heavy (non-hydrogen) atoms. The number of para-hydroxylation sites is 1. The molecule has 0 radical (unpaired) electrons. The first-order valence-electron chi connectivity index (χ1n) is 13.8. The summed E-state index contributed by atoms with van der Waals surface area (Å²) in [6.45, 7) is 0. The van der Waals surface area contributed by atoms with Crippen LogP contribution in [0.25, 0.3) is 43.8 Å². The van der Waals surface area contributed by atoms with Crippen LogP contribution < -0.4 is 5.32 Å². The van der Waals surface area contributed by atoms with Crippen molar-refractivity contribution in [3.63, 3.8) is 0 Å². The van der Waals surface area contributed by atoms with E-state index in [2.05, 4.69) is 90.2 Å². The molecule has 1 aliphatic heterocycles. The number of furan rings is 1. The van der Waals surface area contributed by atoms with E-state index in [9.17, 15) is 0 Å². The van der Waals surface area contributed by atoms with Crippen molar-refractivity contribution in [2.45, 2.75) is 6.17 Å². The molecule has 4 nitrogen and oxygen atoms in total. The quantitative estimate of drug-likeness (QED) is 0.248. The van der Waals surface area contributed by atoms with Crippen LogP contribution in [-0.4, -0.2) is 11.7 Å². The minimum Gasteiger partial charge on any atom is -0.456 e. The largest absolute Gasteiger partial charge is 0.456 e. The van der Waals surface area contributed by atoms with Crippen LogP contribution in [0.2, 0.25) is 0 Å². The molecule has 1 N–H and O–H groups in total. The van der Waals surface area contributed by atoms with Crippen LogP contribution >= 0.6 is 0 Å². The van der Waals surface area contributed by atoms with Crippen molar-refractivity contribution in [1.82, 2.24) is 5.32 Å². The molecule has 0 fully saturated rings. The molecule has 0 spiro atoms. The van der Waals surface area contributed by atoms with Gasteiger partial charge in [0.1, 0.15) is 23.2 Å². The summed E-state index contributed by atoms with van der Waals surface area (Å²) in [6.07, 6.45) is -0.256. The van der Waals surface area contributed by atoms with Crippen molar-refractivity contribution in [3.05, 3.63) is 156 Å². The smallest absolute Gasteiger partial charge is 0.159 e. The molecule has 0 aliphatic carbocycles. The van der Waals surface area contributed by atoms with Gasteiger partial charge in [-0.05, 0) is 51.7 Å². The van der Waals surface area contributed by atoms with Gasteiger partial charge in [0, 0.05) is 21.9 Å². The van der Waals surface area contributed by atoms with E-state index in [4.69, 9.17) is 14.4 Å². The normalized spacial score (nSPS) is 15.1. The number of aliphatic imine (C=N–C) groups is 2. The van der Waals surface area contributed by atoms with E-state index in [1.807, 2.05) is 54.6 Å². The third-order valence-electron chi connectivity index (χ3n) is 7.72. The molecular formula is C37H25N3O. The second kappa shape index (κ2) is 9.61. The first-order chi connectivity index (χ1) is 20.3. The lowest BCUT2D eigenvalue weighted by molar-refractivity contribution is 0.669. The van der Waals surface area contributed by atoms with Crippen molar-refractivity contribution in [2.24, 2.45) is 9.98 Å². The van der Waals surface area contributed by atoms with Gasteiger partial charge >= 0.3 is 0 Å².